The summed E-state index contributed by atoms with van der Waals surface area (Å²) < 4.78 is 10.7. The van der Waals surface area contributed by atoms with E-state index in [0.29, 0.717) is 18.2 Å². The molecule has 1 atom stereocenters. The van der Waals surface area contributed by atoms with Crippen LogP contribution in [0.4, 0.5) is 5.69 Å². The fourth-order valence-electron chi connectivity index (χ4n) is 4.75. The molecule has 32 heavy (non-hydrogen) atoms. The Morgan fingerprint density at radius 2 is 1.59 bits per heavy atom. The van der Waals surface area contributed by atoms with Gasteiger partial charge in [-0.2, -0.15) is 0 Å². The van der Waals surface area contributed by atoms with Crippen LogP contribution in [0.3, 0.4) is 0 Å². The van der Waals surface area contributed by atoms with Crippen LogP contribution in [0, 0.1) is 5.92 Å². The van der Waals surface area contributed by atoms with E-state index >= 15 is 0 Å². The number of nitrogens with zero attached hydrogens (tertiary/aromatic N) is 2. The van der Waals surface area contributed by atoms with Gasteiger partial charge in [-0.15, -0.1) is 0 Å². The van der Waals surface area contributed by atoms with E-state index in [9.17, 15) is 9.59 Å². The molecule has 0 bridgehead atoms. The first-order valence-electron chi connectivity index (χ1n) is 11.6. The van der Waals surface area contributed by atoms with Crippen molar-refractivity contribution in [2.75, 3.05) is 31.7 Å². The van der Waals surface area contributed by atoms with Crippen LogP contribution in [-0.2, 0) is 16.0 Å². The van der Waals surface area contributed by atoms with Crippen molar-refractivity contribution in [2.45, 2.75) is 45.1 Å². The van der Waals surface area contributed by atoms with Gasteiger partial charge in [0.15, 0.2) is 0 Å². The SMILES string of the molecule is CCOc1ccc(N2C(=O)CC(N3CCC(CCc4ccc(OC)cc4)CC3)C2=O)cc1. The van der Waals surface area contributed by atoms with E-state index in [2.05, 4.69) is 17.0 Å². The summed E-state index contributed by atoms with van der Waals surface area (Å²) in [6.45, 7) is 4.25. The second-order valence-electron chi connectivity index (χ2n) is 8.58. The van der Waals surface area contributed by atoms with Crippen molar-refractivity contribution >= 4 is 17.5 Å². The second-order valence-corrected chi connectivity index (χ2v) is 8.58. The monoisotopic (exact) mass is 436 g/mol. The van der Waals surface area contributed by atoms with E-state index in [0.717, 1.165) is 50.3 Å². The lowest BCUT2D eigenvalue weighted by Crippen LogP contribution is -2.46. The molecule has 2 fully saturated rings. The van der Waals surface area contributed by atoms with Crippen molar-refractivity contribution in [2.24, 2.45) is 5.92 Å². The van der Waals surface area contributed by atoms with Crippen LogP contribution in [0.15, 0.2) is 48.5 Å². The van der Waals surface area contributed by atoms with Crippen molar-refractivity contribution in [3.05, 3.63) is 54.1 Å². The molecule has 0 aliphatic carbocycles. The molecule has 0 spiro atoms. The summed E-state index contributed by atoms with van der Waals surface area (Å²) in [7, 11) is 1.68. The number of rotatable bonds is 8. The Hall–Kier alpha value is -2.86. The van der Waals surface area contributed by atoms with Crippen LogP contribution in [0.1, 0.15) is 38.2 Å². The van der Waals surface area contributed by atoms with Gasteiger partial charge in [0.25, 0.3) is 5.91 Å². The molecule has 1 unspecified atom stereocenters. The van der Waals surface area contributed by atoms with Gasteiger partial charge in [0.05, 0.1) is 31.9 Å². The Morgan fingerprint density at radius 3 is 2.22 bits per heavy atom. The van der Waals surface area contributed by atoms with Gasteiger partial charge in [-0.1, -0.05) is 12.1 Å². The molecule has 2 aromatic carbocycles. The molecule has 0 saturated carbocycles. The number of amides is 2. The summed E-state index contributed by atoms with van der Waals surface area (Å²) in [4.78, 5) is 29.3. The van der Waals surface area contributed by atoms with E-state index in [1.54, 1.807) is 31.4 Å². The fourth-order valence-corrected chi connectivity index (χ4v) is 4.75. The molecule has 2 amide bonds. The molecule has 4 rings (SSSR count). The summed E-state index contributed by atoms with van der Waals surface area (Å²) in [5, 5.41) is 0. The Morgan fingerprint density at radius 1 is 0.938 bits per heavy atom. The van der Waals surface area contributed by atoms with Crippen LogP contribution in [0.2, 0.25) is 0 Å². The highest BCUT2D eigenvalue weighted by Gasteiger charge is 2.43. The first-order valence-corrected chi connectivity index (χ1v) is 11.6. The zero-order valence-corrected chi connectivity index (χ0v) is 19.0. The molecule has 170 valence electrons. The number of aryl methyl sites for hydroxylation is 1. The molecule has 6 nitrogen and oxygen atoms in total. The smallest absolute Gasteiger partial charge is 0.251 e. The second kappa shape index (κ2) is 10.2. The summed E-state index contributed by atoms with van der Waals surface area (Å²) in [6, 6.07) is 15.1. The molecule has 0 N–H and O–H groups in total. The molecule has 2 aliphatic heterocycles. The quantitative estimate of drug-likeness (QED) is 0.584. The first-order chi connectivity index (χ1) is 15.6. The van der Waals surface area contributed by atoms with Gasteiger partial charge in [0.2, 0.25) is 5.91 Å². The number of hydrogen-bond donors (Lipinski definition) is 0. The molecule has 2 saturated heterocycles. The van der Waals surface area contributed by atoms with Crippen LogP contribution < -0.4 is 14.4 Å². The maximum absolute atomic E-state index is 13.1. The first kappa shape index (κ1) is 22.3. The van der Waals surface area contributed by atoms with Crippen LogP contribution in [0.25, 0.3) is 0 Å². The topological polar surface area (TPSA) is 59.1 Å². The average Bonchev–Trinajstić information content (AvgIpc) is 3.13. The van der Waals surface area contributed by atoms with Crippen LogP contribution in [0.5, 0.6) is 11.5 Å². The number of benzene rings is 2. The van der Waals surface area contributed by atoms with Crippen molar-refractivity contribution in [3.8, 4) is 11.5 Å². The molecule has 0 radical (unpaired) electrons. The van der Waals surface area contributed by atoms with Gasteiger partial charge in [0.1, 0.15) is 11.5 Å². The van der Waals surface area contributed by atoms with Gasteiger partial charge in [0, 0.05) is 0 Å². The molecule has 6 heteroatoms. The zero-order chi connectivity index (χ0) is 22.5. The Balaban J connectivity index is 1.29. The van der Waals surface area contributed by atoms with Crippen molar-refractivity contribution in [1.82, 2.24) is 4.90 Å². The summed E-state index contributed by atoms with van der Waals surface area (Å²) in [6.07, 6.45) is 4.61. The number of hydrogen-bond acceptors (Lipinski definition) is 5. The predicted molar refractivity (Wildman–Crippen MR) is 124 cm³/mol. The molecule has 2 heterocycles. The number of carbonyl (C=O) groups excluding carboxylic acids is 2. The van der Waals surface area contributed by atoms with E-state index in [1.165, 1.54) is 10.5 Å². The highest BCUT2D eigenvalue weighted by Crippen LogP contribution is 2.31. The number of likely N-dealkylation sites (tertiary alicyclic amines) is 1. The van der Waals surface area contributed by atoms with Gasteiger partial charge in [-0.3, -0.25) is 14.5 Å². The average molecular weight is 437 g/mol. The van der Waals surface area contributed by atoms with Gasteiger partial charge in [-0.05, 0) is 93.6 Å². The number of anilines is 1. The maximum atomic E-state index is 13.1. The van der Waals surface area contributed by atoms with Gasteiger partial charge in [-0.25, -0.2) is 4.90 Å². The third-order valence-electron chi connectivity index (χ3n) is 6.62. The zero-order valence-electron chi connectivity index (χ0n) is 19.0. The number of piperidine rings is 1. The minimum atomic E-state index is -0.336. The van der Waals surface area contributed by atoms with Crippen molar-refractivity contribution in [3.63, 3.8) is 0 Å². The maximum Gasteiger partial charge on any atom is 0.251 e. The number of methoxy groups -OCH3 is 1. The molecule has 2 aliphatic rings. The summed E-state index contributed by atoms with van der Waals surface area (Å²) >= 11 is 0. The Bertz CT molecular complexity index is 918. The number of imide groups is 1. The Kier molecular flexibility index (Phi) is 7.10. The van der Waals surface area contributed by atoms with Crippen LogP contribution in [-0.4, -0.2) is 49.6 Å². The normalized spacial score (nSPS) is 20.1. The molecule has 0 aromatic heterocycles. The van der Waals surface area contributed by atoms with E-state index < -0.39 is 0 Å². The largest absolute Gasteiger partial charge is 0.497 e. The van der Waals surface area contributed by atoms with E-state index in [1.807, 2.05) is 19.1 Å². The number of ether oxygens (including phenoxy) is 2. The summed E-state index contributed by atoms with van der Waals surface area (Å²) in [5.74, 6) is 2.06. The fraction of sp³-hybridized carbons (Fsp3) is 0.462. The lowest BCUT2D eigenvalue weighted by atomic mass is 9.90. The highest BCUT2D eigenvalue weighted by atomic mass is 16.5. The molecular weight excluding hydrogens is 404 g/mol. The molecule has 2 aromatic rings. The standard InChI is InChI=1S/C26H32N2O4/c1-3-32-23-12-8-21(9-13-23)28-25(29)18-24(26(28)30)27-16-14-20(15-17-27)5-4-19-6-10-22(31-2)11-7-19/h6-13,20,24H,3-5,14-18H2,1-2H3. The van der Waals surface area contributed by atoms with Crippen molar-refractivity contribution < 1.29 is 19.1 Å². The van der Waals surface area contributed by atoms with E-state index in [4.69, 9.17) is 9.47 Å². The third kappa shape index (κ3) is 4.96. The highest BCUT2D eigenvalue weighted by molar-refractivity contribution is 6.22. The summed E-state index contributed by atoms with van der Waals surface area (Å²) in [5.41, 5.74) is 1.95. The van der Waals surface area contributed by atoms with E-state index in [-0.39, 0.29) is 24.3 Å². The number of carbonyl (C=O) groups is 2. The van der Waals surface area contributed by atoms with Gasteiger partial charge < -0.3 is 9.47 Å². The molecular formula is C26H32N2O4. The minimum absolute atomic E-state index is 0.101. The predicted octanol–water partition coefficient (Wildman–Crippen LogP) is 4.07. The lowest BCUT2D eigenvalue weighted by molar-refractivity contribution is -0.123. The third-order valence-corrected chi connectivity index (χ3v) is 6.62. The Labute approximate surface area is 190 Å². The van der Waals surface area contributed by atoms with Crippen LogP contribution >= 0.6 is 0 Å². The minimum Gasteiger partial charge on any atom is -0.497 e. The van der Waals surface area contributed by atoms with Crippen molar-refractivity contribution in [1.29, 1.82) is 0 Å². The lowest BCUT2D eigenvalue weighted by Gasteiger charge is -2.34. The van der Waals surface area contributed by atoms with Gasteiger partial charge >= 0.3 is 0 Å².